The third kappa shape index (κ3) is 1.35. The molecule has 5 nitrogen and oxygen atoms in total. The summed E-state index contributed by atoms with van der Waals surface area (Å²) < 4.78 is 17.0. The second-order valence-corrected chi connectivity index (χ2v) is 4.49. The van der Waals surface area contributed by atoms with Crippen LogP contribution in [0.1, 0.15) is 18.9 Å². The number of nitrogens with zero attached hydrogens (tertiary/aromatic N) is 5. The van der Waals surface area contributed by atoms with Crippen molar-refractivity contribution in [2.75, 3.05) is 0 Å². The molecule has 4 rings (SSSR count). The maximum absolute atomic E-state index is 13.4. The lowest BCUT2D eigenvalue weighted by Crippen LogP contribution is -2.06. The normalized spacial score (nSPS) is 15.4. The third-order valence-corrected chi connectivity index (χ3v) is 3.17. The number of rotatable bonds is 2. The number of benzene rings is 1. The Kier molecular flexibility index (Phi) is 1.83. The first-order valence-corrected chi connectivity index (χ1v) is 5.87. The largest absolute Gasteiger partial charge is 0.305 e. The number of hydrogen-bond acceptors (Lipinski definition) is 3. The Morgan fingerprint density at radius 2 is 2.17 bits per heavy atom. The van der Waals surface area contributed by atoms with Gasteiger partial charge in [0, 0.05) is 6.04 Å². The Hall–Kier alpha value is -2.24. The van der Waals surface area contributed by atoms with E-state index in [-0.39, 0.29) is 5.82 Å². The van der Waals surface area contributed by atoms with Gasteiger partial charge in [0.15, 0.2) is 0 Å². The van der Waals surface area contributed by atoms with E-state index >= 15 is 0 Å². The summed E-state index contributed by atoms with van der Waals surface area (Å²) in [5.74, 6) is 0.463. The Labute approximate surface area is 102 Å². The first-order valence-electron chi connectivity index (χ1n) is 5.87. The molecule has 3 aromatic rings. The smallest absolute Gasteiger partial charge is 0.233 e. The molecule has 18 heavy (non-hydrogen) atoms. The zero-order valence-electron chi connectivity index (χ0n) is 9.49. The van der Waals surface area contributed by atoms with Gasteiger partial charge < -0.3 is 4.57 Å². The van der Waals surface area contributed by atoms with Crippen LogP contribution < -0.4 is 0 Å². The van der Waals surface area contributed by atoms with Crippen LogP contribution >= 0.6 is 0 Å². The van der Waals surface area contributed by atoms with E-state index in [4.69, 9.17) is 0 Å². The topological polar surface area (TPSA) is 48.5 Å². The van der Waals surface area contributed by atoms with E-state index in [1.165, 1.54) is 12.1 Å². The summed E-state index contributed by atoms with van der Waals surface area (Å²) in [6.45, 7) is 0. The number of fused-ring (bicyclic) bond motifs is 1. The Morgan fingerprint density at radius 3 is 2.89 bits per heavy atom. The quantitative estimate of drug-likeness (QED) is 0.692. The lowest BCUT2D eigenvalue weighted by atomic mass is 10.3. The van der Waals surface area contributed by atoms with Crippen molar-refractivity contribution in [1.29, 1.82) is 0 Å². The lowest BCUT2D eigenvalue weighted by Gasteiger charge is -2.06. The monoisotopic (exact) mass is 243 g/mol. The molecule has 0 N–H and O–H groups in total. The van der Waals surface area contributed by atoms with Crippen LogP contribution in [0.25, 0.3) is 17.0 Å². The lowest BCUT2D eigenvalue weighted by molar-refractivity contribution is 0.626. The van der Waals surface area contributed by atoms with Crippen LogP contribution in [0.2, 0.25) is 0 Å². The van der Waals surface area contributed by atoms with Gasteiger partial charge in [-0.25, -0.2) is 9.37 Å². The van der Waals surface area contributed by atoms with Crippen LogP contribution in [0.4, 0.5) is 4.39 Å². The summed E-state index contributed by atoms with van der Waals surface area (Å²) >= 11 is 0. The van der Waals surface area contributed by atoms with Crippen molar-refractivity contribution in [3.63, 3.8) is 0 Å². The number of halogens is 1. The molecule has 6 heteroatoms. The Morgan fingerprint density at radius 1 is 1.28 bits per heavy atom. The van der Waals surface area contributed by atoms with Crippen LogP contribution in [0.5, 0.6) is 0 Å². The highest BCUT2D eigenvalue weighted by Crippen LogP contribution is 2.39. The molecule has 1 fully saturated rings. The van der Waals surface area contributed by atoms with Gasteiger partial charge in [-0.05, 0) is 31.0 Å². The summed E-state index contributed by atoms with van der Waals surface area (Å²) in [6.07, 6.45) is 5.56. The van der Waals surface area contributed by atoms with Gasteiger partial charge >= 0.3 is 0 Å². The van der Waals surface area contributed by atoms with E-state index in [2.05, 4.69) is 15.3 Å². The van der Waals surface area contributed by atoms with Gasteiger partial charge in [0.1, 0.15) is 5.82 Å². The van der Waals surface area contributed by atoms with Crippen LogP contribution in [-0.2, 0) is 0 Å². The van der Waals surface area contributed by atoms with Crippen molar-refractivity contribution >= 4 is 11.0 Å². The van der Waals surface area contributed by atoms with Crippen molar-refractivity contribution in [2.24, 2.45) is 0 Å². The Bertz CT molecular complexity index is 711. The molecule has 0 aliphatic heterocycles. The highest BCUT2D eigenvalue weighted by molar-refractivity contribution is 5.77. The molecule has 2 heterocycles. The average Bonchev–Trinajstić information content (AvgIpc) is 2.93. The fraction of sp³-hybridized carbons (Fsp3) is 0.250. The predicted molar refractivity (Wildman–Crippen MR) is 62.9 cm³/mol. The molecule has 0 atom stereocenters. The zero-order valence-corrected chi connectivity index (χ0v) is 9.49. The molecular formula is C12H10FN5. The summed E-state index contributed by atoms with van der Waals surface area (Å²) in [5, 5.41) is 7.76. The fourth-order valence-electron chi connectivity index (χ4n) is 2.22. The molecule has 1 saturated carbocycles. The second-order valence-electron chi connectivity index (χ2n) is 4.49. The van der Waals surface area contributed by atoms with Crippen molar-refractivity contribution in [3.05, 3.63) is 36.4 Å². The standard InChI is InChI=1S/C12H10FN5/c13-8-1-4-10-11(7-8)18(9-2-3-9)12(15-10)17-6-5-14-16-17/h1,4-7,9H,2-3H2. The number of hydrogen-bond donors (Lipinski definition) is 0. The molecule has 1 aromatic carbocycles. The highest BCUT2D eigenvalue weighted by atomic mass is 19.1. The van der Waals surface area contributed by atoms with Crippen molar-refractivity contribution < 1.29 is 4.39 Å². The van der Waals surface area contributed by atoms with Gasteiger partial charge in [-0.3, -0.25) is 0 Å². The molecule has 0 amide bonds. The van der Waals surface area contributed by atoms with Crippen LogP contribution in [0, 0.1) is 5.82 Å². The van der Waals surface area contributed by atoms with E-state index < -0.39 is 0 Å². The number of aromatic nitrogens is 5. The molecule has 0 bridgehead atoms. The molecule has 0 radical (unpaired) electrons. The molecule has 0 unspecified atom stereocenters. The minimum absolute atomic E-state index is 0.241. The molecule has 0 spiro atoms. The van der Waals surface area contributed by atoms with Gasteiger partial charge in [-0.2, -0.15) is 4.68 Å². The molecule has 1 aliphatic carbocycles. The van der Waals surface area contributed by atoms with Gasteiger partial charge in [0.05, 0.1) is 23.4 Å². The molecule has 2 aromatic heterocycles. The van der Waals surface area contributed by atoms with Crippen molar-refractivity contribution in [1.82, 2.24) is 24.5 Å². The number of imidazole rings is 1. The molecule has 0 saturated heterocycles. The summed E-state index contributed by atoms with van der Waals surface area (Å²) in [5.41, 5.74) is 1.61. The van der Waals surface area contributed by atoms with Crippen LogP contribution in [-0.4, -0.2) is 24.5 Å². The molecule has 90 valence electrons. The maximum Gasteiger partial charge on any atom is 0.233 e. The summed E-state index contributed by atoms with van der Waals surface area (Å²) in [6, 6.07) is 5.05. The highest BCUT2D eigenvalue weighted by Gasteiger charge is 2.29. The van der Waals surface area contributed by atoms with E-state index in [1.54, 1.807) is 23.1 Å². The van der Waals surface area contributed by atoms with Crippen LogP contribution in [0.15, 0.2) is 30.6 Å². The zero-order chi connectivity index (χ0) is 12.1. The van der Waals surface area contributed by atoms with Crippen LogP contribution in [0.3, 0.4) is 0 Å². The fourth-order valence-corrected chi connectivity index (χ4v) is 2.22. The molecular weight excluding hydrogens is 233 g/mol. The summed E-state index contributed by atoms with van der Waals surface area (Å²) in [4.78, 5) is 4.51. The van der Waals surface area contributed by atoms with E-state index in [1.807, 2.05) is 4.57 Å². The average molecular weight is 243 g/mol. The van der Waals surface area contributed by atoms with Crippen molar-refractivity contribution in [3.8, 4) is 5.95 Å². The van der Waals surface area contributed by atoms with E-state index in [0.29, 0.717) is 12.0 Å². The van der Waals surface area contributed by atoms with Gasteiger partial charge in [-0.1, -0.05) is 5.21 Å². The summed E-state index contributed by atoms with van der Waals surface area (Å²) in [7, 11) is 0. The van der Waals surface area contributed by atoms with Gasteiger partial charge in [0.25, 0.3) is 0 Å². The van der Waals surface area contributed by atoms with E-state index in [0.717, 1.165) is 23.9 Å². The van der Waals surface area contributed by atoms with Gasteiger partial charge in [0.2, 0.25) is 5.95 Å². The van der Waals surface area contributed by atoms with Crippen molar-refractivity contribution in [2.45, 2.75) is 18.9 Å². The second kappa shape index (κ2) is 3.38. The first-order chi connectivity index (χ1) is 8.83. The minimum atomic E-state index is -0.241. The molecule has 1 aliphatic rings. The Balaban J connectivity index is 2.04. The third-order valence-electron chi connectivity index (χ3n) is 3.17. The van der Waals surface area contributed by atoms with E-state index in [9.17, 15) is 4.39 Å². The SMILES string of the molecule is Fc1ccc2nc(-n3ccnn3)n(C3CC3)c2c1. The minimum Gasteiger partial charge on any atom is -0.305 e. The van der Waals surface area contributed by atoms with Gasteiger partial charge in [-0.15, -0.1) is 5.10 Å². The maximum atomic E-state index is 13.4. The predicted octanol–water partition coefficient (Wildman–Crippen LogP) is 2.09. The first kappa shape index (κ1) is 9.76.